The van der Waals surface area contributed by atoms with Gasteiger partial charge in [-0.05, 0) is 34.5 Å². The maximum absolute atomic E-state index is 13.1. The lowest BCUT2D eigenvalue weighted by molar-refractivity contribution is -0.137. The van der Waals surface area contributed by atoms with Crippen LogP contribution in [0.3, 0.4) is 0 Å². The van der Waals surface area contributed by atoms with Gasteiger partial charge in [0.05, 0.1) is 24.3 Å². The van der Waals surface area contributed by atoms with Gasteiger partial charge >= 0.3 is 6.18 Å². The van der Waals surface area contributed by atoms with Crippen molar-refractivity contribution in [2.45, 2.75) is 12.6 Å². The molecule has 0 heterocycles. The van der Waals surface area contributed by atoms with Gasteiger partial charge < -0.3 is 14.8 Å². The lowest BCUT2D eigenvalue weighted by Crippen LogP contribution is -2.17. The van der Waals surface area contributed by atoms with Crippen molar-refractivity contribution in [2.24, 2.45) is 0 Å². The number of fused-ring (bicyclic) bond motifs is 1. The molecule has 4 nitrogen and oxygen atoms in total. The fourth-order valence-electron chi connectivity index (χ4n) is 2.98. The van der Waals surface area contributed by atoms with Crippen molar-refractivity contribution >= 4 is 22.4 Å². The van der Waals surface area contributed by atoms with Crippen LogP contribution in [-0.4, -0.2) is 26.2 Å². The van der Waals surface area contributed by atoms with E-state index in [0.717, 1.165) is 28.5 Å². The highest BCUT2D eigenvalue weighted by molar-refractivity contribution is 5.97. The molecule has 0 aliphatic carbocycles. The van der Waals surface area contributed by atoms with E-state index in [-0.39, 0.29) is 31.1 Å². The summed E-state index contributed by atoms with van der Waals surface area (Å²) < 4.78 is 49.6. The third kappa shape index (κ3) is 5.26. The first-order chi connectivity index (χ1) is 13.9. The van der Waals surface area contributed by atoms with Gasteiger partial charge in [-0.2, -0.15) is 13.2 Å². The number of hydrogen-bond acceptors (Lipinski definition) is 3. The minimum atomic E-state index is -4.53. The van der Waals surface area contributed by atoms with Crippen molar-refractivity contribution in [1.82, 2.24) is 0 Å². The number of carbonyl (C=O) groups excluding carboxylic acids is 1. The summed E-state index contributed by atoms with van der Waals surface area (Å²) in [5, 5.41) is 4.47. The van der Waals surface area contributed by atoms with Crippen LogP contribution < -0.4 is 10.1 Å². The topological polar surface area (TPSA) is 47.6 Å². The normalized spacial score (nSPS) is 11.4. The van der Waals surface area contributed by atoms with Crippen molar-refractivity contribution in [3.63, 3.8) is 0 Å². The molecule has 0 saturated carbocycles. The molecule has 0 spiro atoms. The molecule has 7 heteroatoms. The molecule has 3 aromatic rings. The fraction of sp³-hybridized carbons (Fsp3) is 0.227. The number of methoxy groups -OCH3 is 1. The Labute approximate surface area is 166 Å². The van der Waals surface area contributed by atoms with E-state index in [4.69, 9.17) is 9.47 Å². The maximum Gasteiger partial charge on any atom is 0.416 e. The molecule has 0 aliphatic rings. The van der Waals surface area contributed by atoms with Crippen molar-refractivity contribution in [3.05, 3.63) is 71.8 Å². The molecule has 0 saturated heterocycles. The molecule has 3 aromatic carbocycles. The average molecular weight is 403 g/mol. The first-order valence-corrected chi connectivity index (χ1v) is 8.98. The van der Waals surface area contributed by atoms with Gasteiger partial charge in [-0.25, -0.2) is 0 Å². The van der Waals surface area contributed by atoms with Crippen LogP contribution in [0.4, 0.5) is 18.9 Å². The first-order valence-electron chi connectivity index (χ1n) is 8.98. The van der Waals surface area contributed by atoms with Crippen molar-refractivity contribution in [3.8, 4) is 5.75 Å². The minimum absolute atomic E-state index is 0.0229. The van der Waals surface area contributed by atoms with Crippen LogP contribution in [0.25, 0.3) is 10.8 Å². The molecule has 3 rings (SSSR count). The fourth-order valence-corrected chi connectivity index (χ4v) is 2.98. The molecule has 29 heavy (non-hydrogen) atoms. The molecular formula is C22H20F3NO3. The summed E-state index contributed by atoms with van der Waals surface area (Å²) in [5.41, 5.74) is -0.104. The third-order valence-electron chi connectivity index (χ3n) is 4.36. The minimum Gasteiger partial charge on any atom is -0.489 e. The summed E-state index contributed by atoms with van der Waals surface area (Å²) in [6.07, 6.45) is -4.50. The second kappa shape index (κ2) is 8.96. The van der Waals surface area contributed by atoms with Crippen LogP contribution in [0, 0.1) is 0 Å². The average Bonchev–Trinajstić information content (AvgIpc) is 2.68. The lowest BCUT2D eigenvalue weighted by atomic mass is 10.0. The van der Waals surface area contributed by atoms with Crippen molar-refractivity contribution in [1.29, 1.82) is 0 Å². The van der Waals surface area contributed by atoms with Crippen LogP contribution in [-0.2, 0) is 22.1 Å². The first kappa shape index (κ1) is 20.7. The van der Waals surface area contributed by atoms with E-state index in [2.05, 4.69) is 5.32 Å². The number of nitrogens with one attached hydrogen (secondary N) is 1. The highest BCUT2D eigenvalue weighted by Crippen LogP contribution is 2.35. The predicted molar refractivity (Wildman–Crippen MR) is 105 cm³/mol. The summed E-state index contributed by atoms with van der Waals surface area (Å²) in [7, 11) is 1.49. The Kier molecular flexibility index (Phi) is 6.39. The Morgan fingerprint density at radius 1 is 1.00 bits per heavy atom. The molecular weight excluding hydrogens is 383 g/mol. The van der Waals surface area contributed by atoms with Crippen LogP contribution in [0.15, 0.2) is 60.7 Å². The number of ether oxygens (including phenoxy) is 2. The number of amides is 1. The Morgan fingerprint density at radius 2 is 1.76 bits per heavy atom. The number of alkyl halides is 3. The zero-order valence-electron chi connectivity index (χ0n) is 15.8. The Balaban J connectivity index is 1.83. The second-order valence-corrected chi connectivity index (χ2v) is 6.41. The summed E-state index contributed by atoms with van der Waals surface area (Å²) >= 11 is 0. The van der Waals surface area contributed by atoms with Crippen LogP contribution in [0.5, 0.6) is 5.75 Å². The highest BCUT2D eigenvalue weighted by Gasteiger charge is 2.31. The van der Waals surface area contributed by atoms with Gasteiger partial charge in [0.2, 0.25) is 5.91 Å². The Morgan fingerprint density at radius 3 is 2.52 bits per heavy atom. The number of benzene rings is 3. The van der Waals surface area contributed by atoms with E-state index < -0.39 is 17.6 Å². The molecule has 0 radical (unpaired) electrons. The van der Waals surface area contributed by atoms with Gasteiger partial charge in [-0.3, -0.25) is 4.79 Å². The monoisotopic (exact) mass is 403 g/mol. The van der Waals surface area contributed by atoms with E-state index in [9.17, 15) is 18.0 Å². The van der Waals surface area contributed by atoms with E-state index in [0.29, 0.717) is 0 Å². The van der Waals surface area contributed by atoms with Crippen LogP contribution in [0.1, 0.15) is 11.1 Å². The van der Waals surface area contributed by atoms with Gasteiger partial charge in [0, 0.05) is 7.11 Å². The smallest absolute Gasteiger partial charge is 0.416 e. The predicted octanol–water partition coefficient (Wildman–Crippen LogP) is 5.07. The summed E-state index contributed by atoms with van der Waals surface area (Å²) in [5.74, 6) is -0.279. The zero-order valence-corrected chi connectivity index (χ0v) is 15.8. The van der Waals surface area contributed by atoms with Gasteiger partial charge in [-0.15, -0.1) is 0 Å². The van der Waals surface area contributed by atoms with E-state index in [1.165, 1.54) is 13.2 Å². The molecule has 152 valence electrons. The molecule has 0 fully saturated rings. The quantitative estimate of drug-likeness (QED) is 0.561. The van der Waals surface area contributed by atoms with Gasteiger partial charge in [0.1, 0.15) is 12.4 Å². The highest BCUT2D eigenvalue weighted by atomic mass is 19.4. The molecule has 1 amide bonds. The van der Waals surface area contributed by atoms with Crippen LogP contribution in [0.2, 0.25) is 0 Å². The standard InChI is InChI=1S/C22H20F3NO3/c1-28-11-12-29-20-10-9-17(22(23,24)25)14-19(20)26-21(27)13-16-7-4-6-15-5-2-3-8-18(15)16/h2-10,14H,11-13H2,1H3,(H,26,27). The second-order valence-electron chi connectivity index (χ2n) is 6.41. The molecule has 1 N–H and O–H groups in total. The van der Waals surface area contributed by atoms with E-state index in [1.807, 2.05) is 42.5 Å². The number of halogens is 3. The number of anilines is 1. The molecule has 0 atom stereocenters. The van der Waals surface area contributed by atoms with Crippen molar-refractivity contribution in [2.75, 3.05) is 25.6 Å². The Bertz CT molecular complexity index is 997. The Hall–Kier alpha value is -3.06. The van der Waals surface area contributed by atoms with Gasteiger partial charge in [-0.1, -0.05) is 42.5 Å². The van der Waals surface area contributed by atoms with Gasteiger partial charge in [0.15, 0.2) is 0 Å². The maximum atomic E-state index is 13.1. The third-order valence-corrected chi connectivity index (χ3v) is 4.36. The SMILES string of the molecule is COCCOc1ccc(C(F)(F)F)cc1NC(=O)Cc1cccc2ccccc12. The number of hydrogen-bond donors (Lipinski definition) is 1. The summed E-state index contributed by atoms with van der Waals surface area (Å²) in [6, 6.07) is 16.2. The van der Waals surface area contributed by atoms with Crippen LogP contribution >= 0.6 is 0 Å². The molecule has 0 aliphatic heterocycles. The summed E-state index contributed by atoms with van der Waals surface area (Å²) in [6.45, 7) is 0.415. The zero-order chi connectivity index (χ0) is 20.9. The van der Waals surface area contributed by atoms with E-state index >= 15 is 0 Å². The van der Waals surface area contributed by atoms with Crippen molar-refractivity contribution < 1.29 is 27.4 Å². The molecule has 0 bridgehead atoms. The summed E-state index contributed by atoms with van der Waals surface area (Å²) in [4.78, 5) is 12.6. The lowest BCUT2D eigenvalue weighted by Gasteiger charge is -2.15. The number of rotatable bonds is 7. The molecule has 0 unspecified atom stereocenters. The van der Waals surface area contributed by atoms with Gasteiger partial charge in [0.25, 0.3) is 0 Å². The van der Waals surface area contributed by atoms with E-state index in [1.54, 1.807) is 0 Å². The number of carbonyl (C=O) groups is 1. The largest absolute Gasteiger partial charge is 0.489 e. The molecule has 0 aromatic heterocycles.